The molecule has 0 radical (unpaired) electrons. The van der Waals surface area contributed by atoms with Crippen LogP contribution in [0.2, 0.25) is 0 Å². The fourth-order valence-electron chi connectivity index (χ4n) is 3.66. The predicted molar refractivity (Wildman–Crippen MR) is 92.0 cm³/mol. The van der Waals surface area contributed by atoms with Crippen molar-refractivity contribution in [3.63, 3.8) is 0 Å². The zero-order valence-corrected chi connectivity index (χ0v) is 14.8. The van der Waals surface area contributed by atoms with Crippen molar-refractivity contribution in [3.05, 3.63) is 18.0 Å². The maximum Gasteiger partial charge on any atom is 0.0900 e. The van der Waals surface area contributed by atoms with Gasteiger partial charge in [0, 0.05) is 25.8 Å². The zero-order chi connectivity index (χ0) is 16.8. The third-order valence-electron chi connectivity index (χ3n) is 4.92. The fraction of sp³-hybridized carbons (Fsp3) is 0.833. The first-order valence-electron chi connectivity index (χ1n) is 9.32. The van der Waals surface area contributed by atoms with Gasteiger partial charge in [0.05, 0.1) is 44.3 Å². The number of rotatable bonds is 7. The molecule has 1 aliphatic carbocycles. The molecule has 6 nitrogen and oxygen atoms in total. The van der Waals surface area contributed by atoms with Crippen molar-refractivity contribution in [2.45, 2.75) is 63.9 Å². The van der Waals surface area contributed by atoms with Crippen molar-refractivity contribution in [1.82, 2.24) is 14.7 Å². The van der Waals surface area contributed by atoms with Crippen molar-refractivity contribution in [3.8, 4) is 0 Å². The van der Waals surface area contributed by atoms with Gasteiger partial charge in [-0.05, 0) is 25.3 Å². The van der Waals surface area contributed by atoms with Crippen LogP contribution in [0.4, 0.5) is 0 Å². The van der Waals surface area contributed by atoms with Gasteiger partial charge < -0.3 is 14.6 Å². The number of aromatic nitrogens is 2. The quantitative estimate of drug-likeness (QED) is 0.819. The van der Waals surface area contributed by atoms with Crippen LogP contribution < -0.4 is 0 Å². The van der Waals surface area contributed by atoms with Gasteiger partial charge in [0.25, 0.3) is 0 Å². The van der Waals surface area contributed by atoms with E-state index in [0.29, 0.717) is 25.9 Å². The summed E-state index contributed by atoms with van der Waals surface area (Å²) in [6.07, 6.45) is 10.1. The molecule has 136 valence electrons. The molecule has 0 amide bonds. The molecule has 1 saturated heterocycles. The van der Waals surface area contributed by atoms with Crippen LogP contribution in [0.15, 0.2) is 12.4 Å². The first-order chi connectivity index (χ1) is 11.7. The normalized spacial score (nSPS) is 25.0. The Labute approximate surface area is 144 Å². The number of nitrogens with zero attached hydrogens (tertiary/aromatic N) is 3. The summed E-state index contributed by atoms with van der Waals surface area (Å²) < 4.78 is 13.7. The van der Waals surface area contributed by atoms with Gasteiger partial charge in [0.15, 0.2) is 0 Å². The predicted octanol–water partition coefficient (Wildman–Crippen LogP) is 1.60. The van der Waals surface area contributed by atoms with Crippen molar-refractivity contribution in [2.24, 2.45) is 0 Å². The summed E-state index contributed by atoms with van der Waals surface area (Å²) in [6, 6.07) is 0. The monoisotopic (exact) mass is 337 g/mol. The zero-order valence-electron chi connectivity index (χ0n) is 14.8. The van der Waals surface area contributed by atoms with Crippen LogP contribution in [0.5, 0.6) is 0 Å². The van der Waals surface area contributed by atoms with Gasteiger partial charge in [-0.3, -0.25) is 9.58 Å². The van der Waals surface area contributed by atoms with E-state index in [0.717, 1.165) is 38.0 Å². The number of β-amino-alcohol motifs (C(OH)–C–C–N with tert-alkyl or cyclic N) is 1. The number of morpholine rings is 1. The molecule has 1 aromatic heterocycles. The minimum Gasteiger partial charge on any atom is -0.389 e. The van der Waals surface area contributed by atoms with Crippen LogP contribution in [-0.2, 0) is 16.0 Å². The van der Waals surface area contributed by atoms with Crippen molar-refractivity contribution in [2.75, 3.05) is 32.8 Å². The first-order valence-corrected chi connectivity index (χ1v) is 9.32. The van der Waals surface area contributed by atoms with Crippen LogP contribution in [-0.4, -0.2) is 70.9 Å². The third-order valence-corrected chi connectivity index (χ3v) is 4.92. The number of aliphatic hydroxyl groups excluding tert-OH is 1. The summed E-state index contributed by atoms with van der Waals surface area (Å²) in [6.45, 7) is 6.32. The fourth-order valence-corrected chi connectivity index (χ4v) is 3.66. The van der Waals surface area contributed by atoms with E-state index < -0.39 is 6.10 Å². The Morgan fingerprint density at radius 2 is 2.21 bits per heavy atom. The van der Waals surface area contributed by atoms with Gasteiger partial charge in [0.2, 0.25) is 0 Å². The van der Waals surface area contributed by atoms with E-state index in [-0.39, 0.29) is 6.10 Å². The Bertz CT molecular complexity index is 488. The molecule has 0 aromatic carbocycles. The average Bonchev–Trinajstić information content (AvgIpc) is 2.99. The molecular weight excluding hydrogens is 306 g/mol. The van der Waals surface area contributed by atoms with Crippen LogP contribution in [0.3, 0.4) is 0 Å². The molecule has 2 atom stereocenters. The van der Waals surface area contributed by atoms with E-state index in [1.54, 1.807) is 0 Å². The van der Waals surface area contributed by atoms with Crippen molar-refractivity contribution >= 4 is 0 Å². The molecule has 2 fully saturated rings. The van der Waals surface area contributed by atoms with Crippen LogP contribution in [0.25, 0.3) is 0 Å². The number of aliphatic hydroxyl groups is 1. The molecule has 6 heteroatoms. The lowest BCUT2D eigenvalue weighted by Gasteiger charge is -2.34. The number of hydrogen-bond acceptors (Lipinski definition) is 5. The van der Waals surface area contributed by atoms with E-state index in [1.807, 2.05) is 24.0 Å². The van der Waals surface area contributed by atoms with Crippen LogP contribution in [0.1, 0.15) is 37.7 Å². The highest BCUT2D eigenvalue weighted by molar-refractivity contribution is 4.99. The van der Waals surface area contributed by atoms with Gasteiger partial charge in [-0.25, -0.2) is 0 Å². The highest BCUT2D eigenvalue weighted by Gasteiger charge is 2.23. The van der Waals surface area contributed by atoms with E-state index in [1.165, 1.54) is 19.3 Å². The standard InChI is InChI=1S/C18H31N3O3/c1-15-9-19-21(10-15)13-18-12-20(7-8-23-18)11-16(22)14-24-17-5-3-2-4-6-17/h9-10,16-18,22H,2-8,11-14H2,1H3. The minimum absolute atomic E-state index is 0.129. The Kier molecular flexibility index (Phi) is 6.66. The average molecular weight is 337 g/mol. The molecule has 0 spiro atoms. The van der Waals surface area contributed by atoms with E-state index in [9.17, 15) is 5.11 Å². The molecule has 1 aliphatic heterocycles. The Morgan fingerprint density at radius 1 is 1.38 bits per heavy atom. The lowest BCUT2D eigenvalue weighted by molar-refractivity contribution is -0.0677. The Morgan fingerprint density at radius 3 is 2.96 bits per heavy atom. The van der Waals surface area contributed by atoms with E-state index in [2.05, 4.69) is 10.00 Å². The van der Waals surface area contributed by atoms with Gasteiger partial charge in [-0.1, -0.05) is 19.3 Å². The third kappa shape index (κ3) is 5.55. The smallest absolute Gasteiger partial charge is 0.0900 e. The van der Waals surface area contributed by atoms with E-state index in [4.69, 9.17) is 9.47 Å². The molecule has 24 heavy (non-hydrogen) atoms. The van der Waals surface area contributed by atoms with Crippen molar-refractivity contribution < 1.29 is 14.6 Å². The number of hydrogen-bond donors (Lipinski definition) is 1. The molecular formula is C18H31N3O3. The summed E-state index contributed by atoms with van der Waals surface area (Å²) in [5.41, 5.74) is 1.16. The van der Waals surface area contributed by atoms with Gasteiger partial charge in [0.1, 0.15) is 0 Å². The maximum atomic E-state index is 10.3. The van der Waals surface area contributed by atoms with Crippen LogP contribution >= 0.6 is 0 Å². The largest absolute Gasteiger partial charge is 0.389 e. The molecule has 2 heterocycles. The Hall–Kier alpha value is -0.950. The van der Waals surface area contributed by atoms with Crippen molar-refractivity contribution in [1.29, 1.82) is 0 Å². The van der Waals surface area contributed by atoms with Gasteiger partial charge in [-0.15, -0.1) is 0 Å². The first kappa shape index (κ1) is 17.9. The summed E-state index contributed by atoms with van der Waals surface area (Å²) in [7, 11) is 0. The molecule has 1 saturated carbocycles. The summed E-state index contributed by atoms with van der Waals surface area (Å²) in [4.78, 5) is 2.28. The lowest BCUT2D eigenvalue weighted by Crippen LogP contribution is -2.47. The maximum absolute atomic E-state index is 10.3. The molecule has 3 rings (SSSR count). The molecule has 1 aromatic rings. The SMILES string of the molecule is Cc1cnn(CC2CN(CC(O)COC3CCCCC3)CCO2)c1. The number of ether oxygens (including phenoxy) is 2. The second kappa shape index (κ2) is 8.94. The summed E-state index contributed by atoms with van der Waals surface area (Å²) >= 11 is 0. The Balaban J connectivity index is 1.37. The molecule has 2 aliphatic rings. The number of aryl methyl sites for hydroxylation is 1. The van der Waals surface area contributed by atoms with Gasteiger partial charge in [-0.2, -0.15) is 5.10 Å². The second-order valence-corrected chi connectivity index (χ2v) is 7.24. The highest BCUT2D eigenvalue weighted by atomic mass is 16.5. The lowest BCUT2D eigenvalue weighted by atomic mass is 9.98. The molecule has 0 bridgehead atoms. The summed E-state index contributed by atoms with van der Waals surface area (Å²) in [5, 5.41) is 14.6. The minimum atomic E-state index is -0.419. The highest BCUT2D eigenvalue weighted by Crippen LogP contribution is 2.20. The second-order valence-electron chi connectivity index (χ2n) is 7.24. The summed E-state index contributed by atoms with van der Waals surface area (Å²) in [5.74, 6) is 0. The van der Waals surface area contributed by atoms with Crippen LogP contribution in [0, 0.1) is 6.92 Å². The topological polar surface area (TPSA) is 59.8 Å². The van der Waals surface area contributed by atoms with E-state index >= 15 is 0 Å². The van der Waals surface area contributed by atoms with Gasteiger partial charge >= 0.3 is 0 Å². The molecule has 1 N–H and O–H groups in total. The molecule has 2 unspecified atom stereocenters.